The van der Waals surface area contributed by atoms with Crippen molar-refractivity contribution in [3.05, 3.63) is 12.2 Å². The van der Waals surface area contributed by atoms with E-state index in [-0.39, 0.29) is 0 Å². The normalized spacial score (nSPS) is 15.3. The molecule has 0 N–H and O–H groups in total. The molecule has 0 radical (unpaired) electrons. The van der Waals surface area contributed by atoms with Crippen LogP contribution in [0.15, 0.2) is 12.2 Å². The molecular formula is C6H11Br. The molecule has 0 aliphatic heterocycles. The van der Waals surface area contributed by atoms with Gasteiger partial charge in [-0.15, -0.1) is 0 Å². The van der Waals surface area contributed by atoms with E-state index in [2.05, 4.69) is 41.9 Å². The summed E-state index contributed by atoms with van der Waals surface area (Å²) in [6, 6.07) is 0. The van der Waals surface area contributed by atoms with Gasteiger partial charge in [-0.05, 0) is 13.3 Å². The average Bonchev–Trinajstić information content (AvgIpc) is 1.61. The molecule has 1 atom stereocenters. The van der Waals surface area contributed by atoms with E-state index in [9.17, 15) is 0 Å². The molecule has 7 heavy (non-hydrogen) atoms. The van der Waals surface area contributed by atoms with Crippen molar-refractivity contribution in [1.29, 1.82) is 0 Å². The molecule has 0 aromatic heterocycles. The van der Waals surface area contributed by atoms with Crippen molar-refractivity contribution in [2.45, 2.75) is 25.1 Å². The molecule has 0 fully saturated rings. The Morgan fingerprint density at radius 3 is 2.43 bits per heavy atom. The van der Waals surface area contributed by atoms with Crippen molar-refractivity contribution in [1.82, 2.24) is 0 Å². The highest BCUT2D eigenvalue weighted by Gasteiger charge is 1.80. The summed E-state index contributed by atoms with van der Waals surface area (Å²) < 4.78 is 0. The fourth-order valence-corrected chi connectivity index (χ4v) is 0.539. The summed E-state index contributed by atoms with van der Waals surface area (Å²) in [5.41, 5.74) is 0. The molecule has 0 aromatic rings. The number of hydrogen-bond acceptors (Lipinski definition) is 0. The van der Waals surface area contributed by atoms with Crippen LogP contribution in [0.25, 0.3) is 0 Å². The molecule has 0 saturated heterocycles. The van der Waals surface area contributed by atoms with Crippen molar-refractivity contribution < 1.29 is 0 Å². The summed E-state index contributed by atoms with van der Waals surface area (Å²) in [7, 11) is 0. The Labute approximate surface area is 53.7 Å². The molecule has 0 rings (SSSR count). The fraction of sp³-hybridized carbons (Fsp3) is 0.667. The lowest BCUT2D eigenvalue weighted by molar-refractivity contribution is 1.18. The summed E-state index contributed by atoms with van der Waals surface area (Å²) in [6.45, 7) is 4.23. The van der Waals surface area contributed by atoms with Gasteiger partial charge in [0, 0.05) is 4.83 Å². The van der Waals surface area contributed by atoms with Crippen molar-refractivity contribution in [2.75, 3.05) is 0 Å². The Bertz CT molecular complexity index is 55.2. The van der Waals surface area contributed by atoms with Crippen molar-refractivity contribution in [2.24, 2.45) is 0 Å². The minimum absolute atomic E-state index is 0.535. The van der Waals surface area contributed by atoms with Crippen LogP contribution in [0.1, 0.15) is 20.3 Å². The lowest BCUT2D eigenvalue weighted by Gasteiger charge is -1.86. The Kier molecular flexibility index (Phi) is 4.52. The third-order valence-corrected chi connectivity index (χ3v) is 0.942. The van der Waals surface area contributed by atoms with E-state index in [1.807, 2.05) is 0 Å². The van der Waals surface area contributed by atoms with Crippen molar-refractivity contribution >= 4 is 15.9 Å². The van der Waals surface area contributed by atoms with E-state index in [1.165, 1.54) is 0 Å². The fourth-order valence-electron chi connectivity index (χ4n) is 0.324. The van der Waals surface area contributed by atoms with Crippen LogP contribution < -0.4 is 0 Å². The van der Waals surface area contributed by atoms with Gasteiger partial charge in [0.15, 0.2) is 0 Å². The second-order valence-corrected chi connectivity index (χ2v) is 2.96. The van der Waals surface area contributed by atoms with Gasteiger partial charge >= 0.3 is 0 Å². The molecule has 0 nitrogen and oxygen atoms in total. The van der Waals surface area contributed by atoms with Crippen molar-refractivity contribution in [3.63, 3.8) is 0 Å². The zero-order valence-electron chi connectivity index (χ0n) is 4.82. The average molecular weight is 163 g/mol. The molecule has 0 heterocycles. The standard InChI is InChI=1S/C6H11Br/c1-3-4-5-6(2)7/h4-6H,3H2,1-2H3/b5-4+. The Morgan fingerprint density at radius 1 is 1.71 bits per heavy atom. The first kappa shape index (κ1) is 7.22. The number of rotatable bonds is 2. The molecule has 42 valence electrons. The summed E-state index contributed by atoms with van der Waals surface area (Å²) >= 11 is 3.39. The molecule has 0 amide bonds. The van der Waals surface area contributed by atoms with Gasteiger partial charge in [-0.3, -0.25) is 0 Å². The van der Waals surface area contributed by atoms with E-state index in [0.717, 1.165) is 6.42 Å². The number of halogens is 1. The van der Waals surface area contributed by atoms with Gasteiger partial charge in [-0.1, -0.05) is 35.0 Å². The van der Waals surface area contributed by atoms with Gasteiger partial charge in [-0.2, -0.15) is 0 Å². The third kappa shape index (κ3) is 6.22. The van der Waals surface area contributed by atoms with E-state index in [0.29, 0.717) is 4.83 Å². The molecule has 0 aliphatic rings. The van der Waals surface area contributed by atoms with Crippen LogP contribution in [0.4, 0.5) is 0 Å². The Balaban J connectivity index is 3.08. The molecule has 0 aliphatic carbocycles. The number of alkyl halides is 1. The van der Waals surface area contributed by atoms with Crippen LogP contribution in [-0.4, -0.2) is 4.83 Å². The predicted molar refractivity (Wildman–Crippen MR) is 37.8 cm³/mol. The maximum atomic E-state index is 3.39. The highest BCUT2D eigenvalue weighted by atomic mass is 79.9. The molecule has 0 aromatic carbocycles. The van der Waals surface area contributed by atoms with Crippen LogP contribution in [0.2, 0.25) is 0 Å². The van der Waals surface area contributed by atoms with Gasteiger partial charge in [0.1, 0.15) is 0 Å². The first-order valence-corrected chi connectivity index (χ1v) is 3.49. The first-order valence-electron chi connectivity index (χ1n) is 2.58. The van der Waals surface area contributed by atoms with Crippen LogP contribution in [-0.2, 0) is 0 Å². The van der Waals surface area contributed by atoms with Crippen LogP contribution in [0.3, 0.4) is 0 Å². The predicted octanol–water partition coefficient (Wildman–Crippen LogP) is 2.74. The minimum atomic E-state index is 0.535. The molecule has 0 spiro atoms. The summed E-state index contributed by atoms with van der Waals surface area (Å²) in [5, 5.41) is 0. The zero-order chi connectivity index (χ0) is 5.70. The topological polar surface area (TPSA) is 0 Å². The maximum absolute atomic E-state index is 3.39. The van der Waals surface area contributed by atoms with Crippen LogP contribution in [0, 0.1) is 0 Å². The SMILES string of the molecule is CC/C=C/C(C)Br. The molecule has 1 heteroatoms. The van der Waals surface area contributed by atoms with Gasteiger partial charge in [0.05, 0.1) is 0 Å². The van der Waals surface area contributed by atoms with E-state index in [4.69, 9.17) is 0 Å². The highest BCUT2D eigenvalue weighted by molar-refractivity contribution is 9.09. The number of allylic oxidation sites excluding steroid dienone is 2. The largest absolute Gasteiger partial charge is 0.0877 e. The first-order chi connectivity index (χ1) is 3.27. The Hall–Kier alpha value is 0.220. The minimum Gasteiger partial charge on any atom is -0.0877 e. The molecular weight excluding hydrogens is 152 g/mol. The van der Waals surface area contributed by atoms with E-state index < -0.39 is 0 Å². The van der Waals surface area contributed by atoms with Gasteiger partial charge in [0.2, 0.25) is 0 Å². The van der Waals surface area contributed by atoms with Gasteiger partial charge in [0.25, 0.3) is 0 Å². The lowest BCUT2D eigenvalue weighted by Crippen LogP contribution is -1.77. The highest BCUT2D eigenvalue weighted by Crippen LogP contribution is 1.98. The maximum Gasteiger partial charge on any atom is 0.0297 e. The molecule has 0 bridgehead atoms. The van der Waals surface area contributed by atoms with E-state index >= 15 is 0 Å². The van der Waals surface area contributed by atoms with Crippen LogP contribution in [0.5, 0.6) is 0 Å². The summed E-state index contributed by atoms with van der Waals surface area (Å²) in [4.78, 5) is 0.535. The summed E-state index contributed by atoms with van der Waals surface area (Å²) in [6.07, 6.45) is 5.43. The Morgan fingerprint density at radius 2 is 2.29 bits per heavy atom. The quantitative estimate of drug-likeness (QED) is 0.433. The lowest BCUT2D eigenvalue weighted by atomic mass is 10.4. The second kappa shape index (κ2) is 4.38. The summed E-state index contributed by atoms with van der Waals surface area (Å²) in [5.74, 6) is 0. The molecule has 0 saturated carbocycles. The second-order valence-electron chi connectivity index (χ2n) is 1.51. The zero-order valence-corrected chi connectivity index (χ0v) is 6.40. The van der Waals surface area contributed by atoms with Crippen molar-refractivity contribution in [3.8, 4) is 0 Å². The van der Waals surface area contributed by atoms with Gasteiger partial charge in [-0.25, -0.2) is 0 Å². The van der Waals surface area contributed by atoms with Crippen LogP contribution >= 0.6 is 15.9 Å². The van der Waals surface area contributed by atoms with Gasteiger partial charge < -0.3 is 0 Å². The van der Waals surface area contributed by atoms with E-state index in [1.54, 1.807) is 0 Å². The monoisotopic (exact) mass is 162 g/mol. The number of hydrogen-bond donors (Lipinski definition) is 0. The molecule has 1 unspecified atom stereocenters. The smallest absolute Gasteiger partial charge is 0.0297 e. The third-order valence-electron chi connectivity index (χ3n) is 0.637.